The second-order valence-corrected chi connectivity index (χ2v) is 15.1. The van der Waals surface area contributed by atoms with Crippen LogP contribution in [0.5, 0.6) is 0 Å². The lowest BCUT2D eigenvalue weighted by Gasteiger charge is -2.31. The van der Waals surface area contributed by atoms with Crippen molar-refractivity contribution >= 4 is 8.07 Å². The first-order valence-corrected chi connectivity index (χ1v) is 13.8. The molecule has 1 rings (SSSR count). The summed E-state index contributed by atoms with van der Waals surface area (Å²) in [5.41, 5.74) is 4.84. The second-order valence-electron chi connectivity index (χ2n) is 9.63. The highest BCUT2D eigenvalue weighted by atomic mass is 28.3. The third-order valence-corrected chi connectivity index (χ3v) is 8.51. The number of aliphatic hydroxyl groups excluding tert-OH is 1. The van der Waals surface area contributed by atoms with Gasteiger partial charge in [-0.2, -0.15) is 0 Å². The zero-order chi connectivity index (χ0) is 20.0. The molecule has 0 aliphatic carbocycles. The Labute approximate surface area is 163 Å². The zero-order valence-electron chi connectivity index (χ0n) is 18.3. The van der Waals surface area contributed by atoms with E-state index in [1.165, 1.54) is 16.7 Å². The minimum atomic E-state index is -1.31. The molecule has 1 aliphatic heterocycles. The normalized spacial score (nSPS) is 24.3. The number of rotatable bonds is 12. The molecular weight excluding hydrogens is 336 g/mol. The molecule has 3 atom stereocenters. The van der Waals surface area contributed by atoms with Crippen molar-refractivity contribution in [2.45, 2.75) is 103 Å². The standard InChI is InChI=1S/C23H42O2Si/c1-18(2)11-9-12-19(3)13-10-14-20(4)21(26(6,7)8)15-16-23(5)22(17-24)25-23/h11,13,21-22,24H,4,9-10,12,14-17H2,1-3,5-8H3/b19-13+/t21?,22-,23-/m0/s1. The van der Waals surface area contributed by atoms with E-state index in [0.717, 1.165) is 38.5 Å². The molecule has 0 aromatic heterocycles. The quantitative estimate of drug-likeness (QED) is 0.234. The largest absolute Gasteiger partial charge is 0.394 e. The van der Waals surface area contributed by atoms with Crippen molar-refractivity contribution in [2.75, 3.05) is 6.61 Å². The van der Waals surface area contributed by atoms with Gasteiger partial charge in [-0.05, 0) is 71.8 Å². The van der Waals surface area contributed by atoms with Crippen LogP contribution in [0.3, 0.4) is 0 Å². The number of hydrogen-bond acceptors (Lipinski definition) is 2. The predicted molar refractivity (Wildman–Crippen MR) is 117 cm³/mol. The van der Waals surface area contributed by atoms with E-state index >= 15 is 0 Å². The van der Waals surface area contributed by atoms with Crippen molar-refractivity contribution < 1.29 is 9.84 Å². The zero-order valence-corrected chi connectivity index (χ0v) is 19.3. The van der Waals surface area contributed by atoms with E-state index in [1.807, 2.05) is 0 Å². The molecule has 3 heteroatoms. The molecule has 0 amide bonds. The first kappa shape index (κ1) is 23.4. The molecule has 150 valence electrons. The average Bonchev–Trinajstić information content (AvgIpc) is 3.16. The van der Waals surface area contributed by atoms with Crippen molar-refractivity contribution in [1.82, 2.24) is 0 Å². The van der Waals surface area contributed by atoms with Crippen LogP contribution in [0, 0.1) is 0 Å². The fraction of sp³-hybridized carbons (Fsp3) is 0.739. The van der Waals surface area contributed by atoms with Gasteiger partial charge in [0.15, 0.2) is 0 Å². The third-order valence-electron chi connectivity index (χ3n) is 5.72. The molecule has 0 spiro atoms. The maximum atomic E-state index is 9.29. The van der Waals surface area contributed by atoms with Crippen LogP contribution >= 0.6 is 0 Å². The lowest BCUT2D eigenvalue weighted by atomic mass is 9.96. The topological polar surface area (TPSA) is 32.8 Å². The highest BCUT2D eigenvalue weighted by Gasteiger charge is 2.51. The first-order chi connectivity index (χ1) is 12.0. The lowest BCUT2D eigenvalue weighted by Crippen LogP contribution is -2.30. The molecule has 26 heavy (non-hydrogen) atoms. The number of aliphatic hydroxyl groups is 1. The Bertz CT molecular complexity index is 523. The fourth-order valence-electron chi connectivity index (χ4n) is 3.79. The van der Waals surface area contributed by atoms with Gasteiger partial charge in [0.2, 0.25) is 0 Å². The molecule has 1 saturated heterocycles. The average molecular weight is 379 g/mol. The Morgan fingerprint density at radius 3 is 2.27 bits per heavy atom. The molecule has 0 radical (unpaired) electrons. The fourth-order valence-corrected chi connectivity index (χ4v) is 6.17. The Balaban J connectivity index is 2.50. The monoisotopic (exact) mass is 378 g/mol. The molecule has 0 saturated carbocycles. The van der Waals surface area contributed by atoms with Crippen LogP contribution in [0.1, 0.15) is 66.2 Å². The molecule has 1 N–H and O–H groups in total. The SMILES string of the molecule is C=C(CC/C=C(\C)CCC=C(C)C)C(CC[C@]1(C)O[C@H]1CO)[Si](C)(C)C. The van der Waals surface area contributed by atoms with Crippen LogP contribution in [-0.4, -0.2) is 31.5 Å². The molecular formula is C23H42O2Si. The van der Waals surface area contributed by atoms with Crippen molar-refractivity contribution in [3.63, 3.8) is 0 Å². The van der Waals surface area contributed by atoms with E-state index in [4.69, 9.17) is 4.74 Å². The minimum absolute atomic E-state index is 0.0458. The summed E-state index contributed by atoms with van der Waals surface area (Å²) in [6, 6.07) is 0. The molecule has 0 bridgehead atoms. The summed E-state index contributed by atoms with van der Waals surface area (Å²) in [6.07, 6.45) is 11.4. The highest BCUT2D eigenvalue weighted by molar-refractivity contribution is 6.78. The van der Waals surface area contributed by atoms with Crippen molar-refractivity contribution in [1.29, 1.82) is 0 Å². The second kappa shape index (κ2) is 10.1. The van der Waals surface area contributed by atoms with E-state index in [2.05, 4.69) is 66.1 Å². The summed E-state index contributed by atoms with van der Waals surface area (Å²) in [7, 11) is -1.31. The van der Waals surface area contributed by atoms with Crippen molar-refractivity contribution in [2.24, 2.45) is 0 Å². The summed E-state index contributed by atoms with van der Waals surface area (Å²) < 4.78 is 5.68. The lowest BCUT2D eigenvalue weighted by molar-refractivity contribution is 0.234. The maximum Gasteiger partial charge on any atom is 0.110 e. The Morgan fingerprint density at radius 1 is 1.15 bits per heavy atom. The molecule has 1 unspecified atom stereocenters. The van der Waals surface area contributed by atoms with Crippen LogP contribution in [0.15, 0.2) is 35.5 Å². The Morgan fingerprint density at radius 2 is 1.77 bits per heavy atom. The van der Waals surface area contributed by atoms with E-state index in [-0.39, 0.29) is 18.3 Å². The Hall–Kier alpha value is -0.643. The van der Waals surface area contributed by atoms with Gasteiger partial charge in [-0.3, -0.25) is 0 Å². The van der Waals surface area contributed by atoms with Crippen LogP contribution < -0.4 is 0 Å². The van der Waals surface area contributed by atoms with Gasteiger partial charge in [-0.15, -0.1) is 0 Å². The summed E-state index contributed by atoms with van der Waals surface area (Å²) >= 11 is 0. The highest BCUT2D eigenvalue weighted by Crippen LogP contribution is 2.44. The van der Waals surface area contributed by atoms with Crippen molar-refractivity contribution in [3.8, 4) is 0 Å². The van der Waals surface area contributed by atoms with Crippen LogP contribution in [0.2, 0.25) is 25.2 Å². The Kier molecular flexibility index (Phi) is 9.05. The van der Waals surface area contributed by atoms with Gasteiger partial charge >= 0.3 is 0 Å². The minimum Gasteiger partial charge on any atom is -0.394 e. The van der Waals surface area contributed by atoms with Gasteiger partial charge in [-0.1, -0.05) is 55.1 Å². The predicted octanol–water partition coefficient (Wildman–Crippen LogP) is 6.65. The maximum absolute atomic E-state index is 9.29. The number of epoxide rings is 1. The van der Waals surface area contributed by atoms with Gasteiger partial charge in [-0.25, -0.2) is 0 Å². The van der Waals surface area contributed by atoms with Crippen molar-refractivity contribution in [3.05, 3.63) is 35.5 Å². The third kappa shape index (κ3) is 7.94. The molecule has 0 aromatic carbocycles. The summed E-state index contributed by atoms with van der Waals surface area (Å²) in [5.74, 6) is 0. The van der Waals surface area contributed by atoms with E-state index in [1.54, 1.807) is 0 Å². The van der Waals surface area contributed by atoms with Gasteiger partial charge in [0.25, 0.3) is 0 Å². The van der Waals surface area contributed by atoms with E-state index in [0.29, 0.717) is 5.54 Å². The molecule has 0 aromatic rings. The van der Waals surface area contributed by atoms with Crippen LogP contribution in [-0.2, 0) is 4.74 Å². The molecule has 1 fully saturated rings. The number of hydrogen-bond donors (Lipinski definition) is 1. The number of ether oxygens (including phenoxy) is 1. The molecule has 1 heterocycles. The van der Waals surface area contributed by atoms with Gasteiger partial charge < -0.3 is 9.84 Å². The van der Waals surface area contributed by atoms with Gasteiger partial charge in [0.05, 0.1) is 20.3 Å². The number of allylic oxidation sites excluding steroid dienone is 5. The van der Waals surface area contributed by atoms with Crippen LogP contribution in [0.4, 0.5) is 0 Å². The van der Waals surface area contributed by atoms with E-state index < -0.39 is 8.07 Å². The molecule has 2 nitrogen and oxygen atoms in total. The summed E-state index contributed by atoms with van der Waals surface area (Å²) in [5, 5.41) is 9.29. The van der Waals surface area contributed by atoms with Gasteiger partial charge in [0, 0.05) is 0 Å². The smallest absolute Gasteiger partial charge is 0.110 e. The van der Waals surface area contributed by atoms with E-state index in [9.17, 15) is 5.11 Å². The first-order valence-electron chi connectivity index (χ1n) is 10.2. The summed E-state index contributed by atoms with van der Waals surface area (Å²) in [4.78, 5) is 0. The summed E-state index contributed by atoms with van der Waals surface area (Å²) in [6.45, 7) is 20.7. The molecule has 1 aliphatic rings. The van der Waals surface area contributed by atoms with Gasteiger partial charge in [0.1, 0.15) is 6.10 Å². The van der Waals surface area contributed by atoms with Crippen LogP contribution in [0.25, 0.3) is 0 Å².